The van der Waals surface area contributed by atoms with E-state index in [4.69, 9.17) is 21.4 Å². The fourth-order valence-electron chi connectivity index (χ4n) is 3.75. The van der Waals surface area contributed by atoms with Crippen molar-refractivity contribution in [3.8, 4) is 5.75 Å². The number of ketones is 1. The minimum Gasteiger partial charge on any atom is -0.493 e. The van der Waals surface area contributed by atoms with E-state index in [0.29, 0.717) is 20.8 Å². The number of benzene rings is 1. The van der Waals surface area contributed by atoms with Crippen molar-refractivity contribution in [3.05, 3.63) is 46.2 Å². The number of nitrogens with one attached hydrogen (secondary N) is 1. The van der Waals surface area contributed by atoms with Crippen molar-refractivity contribution in [2.75, 3.05) is 43.2 Å². The van der Waals surface area contributed by atoms with E-state index in [1.807, 2.05) is 19.1 Å². The Morgan fingerprint density at radius 2 is 2.23 bits per heavy atom. The topological polar surface area (TPSA) is 80.5 Å². The Morgan fingerprint density at radius 3 is 3.03 bits per heavy atom. The predicted molar refractivity (Wildman–Crippen MR) is 122 cm³/mol. The number of pyridine rings is 1. The number of ether oxygens (including phenoxy) is 1. The highest BCUT2D eigenvalue weighted by molar-refractivity contribution is 7.21. The van der Waals surface area contributed by atoms with Gasteiger partial charge in [-0.05, 0) is 31.5 Å². The average Bonchev–Trinajstić information content (AvgIpc) is 3.13. The summed E-state index contributed by atoms with van der Waals surface area (Å²) >= 11 is 1.20. The number of piperazine rings is 1. The number of Topliss-reactive ketones (excluding diaryl/α,β-unsaturated/α-hetero) is 1. The van der Waals surface area contributed by atoms with Gasteiger partial charge in [-0.3, -0.25) is 4.79 Å². The van der Waals surface area contributed by atoms with Crippen molar-refractivity contribution < 1.29 is 24.9 Å². The Kier molecular flexibility index (Phi) is 3.39. The number of thiophene rings is 1. The highest BCUT2D eigenvalue weighted by Gasteiger charge is 2.28. The van der Waals surface area contributed by atoms with Crippen LogP contribution in [-0.4, -0.2) is 43.4 Å². The van der Waals surface area contributed by atoms with E-state index >= 15 is 4.39 Å². The Hall–Kier alpha value is -2.71. The first-order valence-electron chi connectivity index (χ1n) is 13.7. The first kappa shape index (κ1) is 13.0. The molecule has 0 bridgehead atoms. The molecule has 3 aromatic rings. The van der Waals surface area contributed by atoms with E-state index < -0.39 is 43.4 Å². The van der Waals surface area contributed by atoms with Crippen molar-refractivity contribution in [2.24, 2.45) is 5.92 Å². The SMILES string of the molecule is [2H]C1([2H])NC([2H])([2H])C([2H])([2H])N(c2cc(F)c3c(c2)OC[C@H](CC(=O)c2sc4nc(C)ccc4c2N)C3)C1([2H])[2H]. The number of rotatable bonds is 4. The second-order valence-electron chi connectivity index (χ2n) is 7.50. The zero-order valence-corrected chi connectivity index (χ0v) is 17.4. The summed E-state index contributed by atoms with van der Waals surface area (Å²) in [5.41, 5.74) is 7.02. The van der Waals surface area contributed by atoms with Gasteiger partial charge < -0.3 is 20.7 Å². The molecule has 6 nitrogen and oxygen atoms in total. The van der Waals surface area contributed by atoms with Crippen LogP contribution in [0.15, 0.2) is 24.3 Å². The number of carbonyl (C=O) groups excluding carboxylic acids is 1. The average molecular weight is 449 g/mol. The number of hydrogen-bond acceptors (Lipinski definition) is 7. The number of anilines is 2. The summed E-state index contributed by atoms with van der Waals surface area (Å²) in [5, 5.41) is 2.44. The van der Waals surface area contributed by atoms with E-state index in [1.165, 1.54) is 17.4 Å². The number of carbonyl (C=O) groups is 1. The zero-order chi connectivity index (χ0) is 28.7. The number of aromatic nitrogens is 1. The van der Waals surface area contributed by atoms with Gasteiger partial charge in [-0.2, -0.15) is 0 Å². The Bertz CT molecular complexity index is 1470. The zero-order valence-electron chi connectivity index (χ0n) is 24.6. The van der Waals surface area contributed by atoms with E-state index in [0.717, 1.165) is 11.8 Å². The van der Waals surface area contributed by atoms with Crippen LogP contribution in [0.25, 0.3) is 10.2 Å². The highest BCUT2D eigenvalue weighted by atomic mass is 32.1. The second kappa shape index (κ2) is 8.09. The lowest BCUT2D eigenvalue weighted by atomic mass is 9.91. The summed E-state index contributed by atoms with van der Waals surface area (Å²) in [6.07, 6.45) is 0.137. The maximum absolute atomic E-state index is 15.4. The maximum Gasteiger partial charge on any atom is 0.175 e. The van der Waals surface area contributed by atoms with Gasteiger partial charge in [0.1, 0.15) is 16.4 Å². The molecule has 0 unspecified atom stereocenters. The predicted octanol–water partition coefficient (Wildman–Crippen LogP) is 3.56. The molecule has 4 heterocycles. The number of nitrogens with zero attached hydrogens (tertiary/aromatic N) is 2. The molecule has 1 atom stereocenters. The molecule has 0 aliphatic carbocycles. The van der Waals surface area contributed by atoms with Crippen LogP contribution in [0.3, 0.4) is 0 Å². The van der Waals surface area contributed by atoms with Gasteiger partial charge in [0, 0.05) is 72.2 Å². The third kappa shape index (κ3) is 3.85. The van der Waals surface area contributed by atoms with Crippen LogP contribution in [0.4, 0.5) is 15.8 Å². The van der Waals surface area contributed by atoms with Gasteiger partial charge >= 0.3 is 0 Å². The van der Waals surface area contributed by atoms with Crippen LogP contribution >= 0.6 is 11.3 Å². The third-order valence-corrected chi connectivity index (χ3v) is 6.44. The Morgan fingerprint density at radius 1 is 1.42 bits per heavy atom. The van der Waals surface area contributed by atoms with Gasteiger partial charge in [-0.15, -0.1) is 11.3 Å². The Balaban J connectivity index is 1.42. The summed E-state index contributed by atoms with van der Waals surface area (Å²) < 4.78 is 86.0. The van der Waals surface area contributed by atoms with Crippen LogP contribution < -0.4 is 20.7 Å². The fourth-order valence-corrected chi connectivity index (χ4v) is 4.84. The van der Waals surface area contributed by atoms with Crippen LogP contribution in [0.2, 0.25) is 0 Å². The number of halogens is 1. The summed E-state index contributed by atoms with van der Waals surface area (Å²) in [7, 11) is 0. The summed E-state index contributed by atoms with van der Waals surface area (Å²) in [4.78, 5) is 18.8. The van der Waals surface area contributed by atoms with Crippen molar-refractivity contribution in [2.45, 2.75) is 19.8 Å². The molecule has 0 spiro atoms. The number of nitrogens with two attached hydrogens (primary N) is 1. The fraction of sp³-hybridized carbons (Fsp3) is 0.391. The van der Waals surface area contributed by atoms with E-state index in [9.17, 15) is 4.79 Å². The van der Waals surface area contributed by atoms with E-state index in [-0.39, 0.29) is 41.4 Å². The molecule has 5 rings (SSSR count). The molecule has 31 heavy (non-hydrogen) atoms. The summed E-state index contributed by atoms with van der Waals surface area (Å²) in [6.45, 7) is -10.4. The smallest absolute Gasteiger partial charge is 0.175 e. The molecule has 2 aromatic heterocycles. The molecular weight excluding hydrogens is 415 g/mol. The number of hydrogen-bond donors (Lipinski definition) is 2. The largest absolute Gasteiger partial charge is 0.493 e. The molecule has 0 amide bonds. The van der Waals surface area contributed by atoms with Gasteiger partial charge in [0.15, 0.2) is 5.78 Å². The summed E-state index contributed by atoms with van der Waals surface area (Å²) in [5.74, 6) is -1.51. The molecule has 2 aliphatic heterocycles. The third-order valence-electron chi connectivity index (χ3n) is 5.29. The lowest BCUT2D eigenvalue weighted by Gasteiger charge is -2.31. The molecular formula is C23H25FN4O2S. The first-order chi connectivity index (χ1) is 18.0. The van der Waals surface area contributed by atoms with Gasteiger partial charge in [0.25, 0.3) is 0 Å². The van der Waals surface area contributed by atoms with Crippen molar-refractivity contribution in [3.63, 3.8) is 0 Å². The van der Waals surface area contributed by atoms with Gasteiger partial charge in [0.2, 0.25) is 0 Å². The standard InChI is InChI=1S/C23H25FN4O2S/c1-13-2-3-16-21(25)22(31-23(16)27-13)19(29)9-14-8-17-18(24)10-15(11-20(17)30-12-14)28-6-4-26-5-7-28/h2-3,10-11,14,26H,4-9,12,25H2,1H3/t14-/m0/s1/i4D2,5D2,6D2,7D2. The number of nitrogen functional groups attached to an aromatic ring is 1. The maximum atomic E-state index is 15.4. The normalized spacial score (nSPS) is 29.0. The van der Waals surface area contributed by atoms with Gasteiger partial charge in [-0.25, -0.2) is 9.37 Å². The second-order valence-corrected chi connectivity index (χ2v) is 8.50. The monoisotopic (exact) mass is 448 g/mol. The Labute approximate surface area is 195 Å². The minimum absolute atomic E-state index is 0.0130. The number of fused-ring (bicyclic) bond motifs is 2. The number of aryl methyl sites for hydroxylation is 1. The molecule has 1 fully saturated rings. The molecule has 0 radical (unpaired) electrons. The molecule has 0 saturated carbocycles. The quantitative estimate of drug-likeness (QED) is 0.594. The lowest BCUT2D eigenvalue weighted by molar-refractivity contribution is 0.0938. The van der Waals surface area contributed by atoms with Gasteiger partial charge in [-0.1, -0.05) is 0 Å². The molecule has 162 valence electrons. The van der Waals surface area contributed by atoms with Gasteiger partial charge in [0.05, 0.1) is 22.7 Å². The minimum atomic E-state index is -3.11. The van der Waals surface area contributed by atoms with Crippen molar-refractivity contribution in [1.29, 1.82) is 0 Å². The van der Waals surface area contributed by atoms with Crippen molar-refractivity contribution in [1.82, 2.24) is 10.3 Å². The molecule has 8 heteroatoms. The molecule has 1 saturated heterocycles. The van der Waals surface area contributed by atoms with Crippen LogP contribution in [0.1, 0.15) is 38.3 Å². The first-order valence-corrected chi connectivity index (χ1v) is 10.5. The molecule has 3 N–H and O–H groups in total. The molecule has 1 aromatic carbocycles. The summed E-state index contributed by atoms with van der Waals surface area (Å²) in [6, 6.07) is 5.62. The van der Waals surface area contributed by atoms with E-state index in [2.05, 4.69) is 4.98 Å². The molecule has 2 aliphatic rings. The van der Waals surface area contributed by atoms with Crippen LogP contribution in [0.5, 0.6) is 5.75 Å². The van der Waals surface area contributed by atoms with Crippen molar-refractivity contribution >= 4 is 38.7 Å². The highest BCUT2D eigenvalue weighted by Crippen LogP contribution is 2.37. The van der Waals surface area contributed by atoms with Crippen LogP contribution in [-0.2, 0) is 6.42 Å². The van der Waals surface area contributed by atoms with Crippen LogP contribution in [0, 0.1) is 18.7 Å². The lowest BCUT2D eigenvalue weighted by Crippen LogP contribution is -2.43. The van der Waals surface area contributed by atoms with E-state index in [1.54, 1.807) is 5.32 Å².